The molecule has 0 saturated heterocycles. The first-order valence-electron chi connectivity index (χ1n) is 5.67. The van der Waals surface area contributed by atoms with E-state index in [1.165, 1.54) is 5.56 Å². The van der Waals surface area contributed by atoms with Crippen LogP contribution in [0, 0.1) is 6.92 Å². The summed E-state index contributed by atoms with van der Waals surface area (Å²) >= 11 is 0. The molecule has 0 spiro atoms. The molecule has 0 saturated carbocycles. The lowest BCUT2D eigenvalue weighted by Crippen LogP contribution is -2.12. The minimum atomic E-state index is 1.01. The molecular formula is C13H21N3. The highest BCUT2D eigenvalue weighted by atomic mass is 15.3. The summed E-state index contributed by atoms with van der Waals surface area (Å²) in [7, 11) is 4.17. The van der Waals surface area contributed by atoms with Crippen molar-refractivity contribution in [2.75, 3.05) is 26.1 Å². The van der Waals surface area contributed by atoms with Crippen LogP contribution in [0.4, 0.5) is 5.69 Å². The third-order valence-electron chi connectivity index (χ3n) is 2.28. The lowest BCUT2D eigenvalue weighted by Gasteiger charge is -2.06. The van der Waals surface area contributed by atoms with E-state index in [1.807, 2.05) is 18.3 Å². The van der Waals surface area contributed by atoms with Crippen LogP contribution >= 0.6 is 0 Å². The smallest absolute Gasteiger partial charge is 0.0561 e. The molecule has 0 amide bonds. The van der Waals surface area contributed by atoms with E-state index in [4.69, 9.17) is 0 Å². The van der Waals surface area contributed by atoms with Crippen LogP contribution in [0.25, 0.3) is 0 Å². The van der Waals surface area contributed by atoms with Crippen molar-refractivity contribution in [1.82, 2.24) is 4.90 Å². The number of benzene rings is 1. The van der Waals surface area contributed by atoms with Crippen LogP contribution in [0.3, 0.4) is 0 Å². The lowest BCUT2D eigenvalue weighted by molar-refractivity contribution is 0.404. The van der Waals surface area contributed by atoms with Crippen molar-refractivity contribution in [3.05, 3.63) is 29.8 Å². The largest absolute Gasteiger partial charge is 0.309 e. The van der Waals surface area contributed by atoms with E-state index in [-0.39, 0.29) is 0 Å². The van der Waals surface area contributed by atoms with Crippen molar-refractivity contribution in [3.63, 3.8) is 0 Å². The van der Waals surface area contributed by atoms with Gasteiger partial charge in [-0.2, -0.15) is 5.10 Å². The molecule has 0 bridgehead atoms. The van der Waals surface area contributed by atoms with Gasteiger partial charge >= 0.3 is 0 Å². The molecule has 1 N–H and O–H groups in total. The Kier molecular flexibility index (Phi) is 5.57. The quantitative estimate of drug-likeness (QED) is 0.452. The van der Waals surface area contributed by atoms with Crippen molar-refractivity contribution in [2.45, 2.75) is 19.8 Å². The van der Waals surface area contributed by atoms with Gasteiger partial charge in [0.15, 0.2) is 0 Å². The molecule has 0 aliphatic heterocycles. The molecule has 0 atom stereocenters. The Morgan fingerprint density at radius 1 is 1.25 bits per heavy atom. The van der Waals surface area contributed by atoms with E-state index in [2.05, 4.69) is 48.6 Å². The molecule has 1 aromatic rings. The van der Waals surface area contributed by atoms with Gasteiger partial charge in [-0.1, -0.05) is 17.7 Å². The molecule has 16 heavy (non-hydrogen) atoms. The summed E-state index contributed by atoms with van der Waals surface area (Å²) in [5.41, 5.74) is 5.32. The topological polar surface area (TPSA) is 27.6 Å². The van der Waals surface area contributed by atoms with E-state index in [0.717, 1.165) is 25.1 Å². The lowest BCUT2D eigenvalue weighted by atomic mass is 10.2. The third-order valence-corrected chi connectivity index (χ3v) is 2.28. The predicted octanol–water partition coefficient (Wildman–Crippen LogP) is 2.73. The first-order chi connectivity index (χ1) is 7.68. The maximum atomic E-state index is 4.17. The summed E-state index contributed by atoms with van der Waals surface area (Å²) < 4.78 is 0. The molecule has 1 aromatic carbocycles. The molecule has 0 aliphatic rings. The summed E-state index contributed by atoms with van der Waals surface area (Å²) in [4.78, 5) is 2.18. The average molecular weight is 219 g/mol. The Morgan fingerprint density at radius 3 is 2.56 bits per heavy atom. The molecule has 0 heterocycles. The second-order valence-corrected chi connectivity index (χ2v) is 4.24. The number of nitrogens with one attached hydrogen (secondary N) is 1. The number of hydrogen-bond donors (Lipinski definition) is 1. The van der Waals surface area contributed by atoms with E-state index < -0.39 is 0 Å². The van der Waals surface area contributed by atoms with Gasteiger partial charge in [0, 0.05) is 6.21 Å². The summed E-state index contributed by atoms with van der Waals surface area (Å²) in [6, 6.07) is 8.22. The van der Waals surface area contributed by atoms with Crippen LogP contribution in [0.5, 0.6) is 0 Å². The number of aryl methyl sites for hydroxylation is 1. The first-order valence-corrected chi connectivity index (χ1v) is 5.67. The third kappa shape index (κ3) is 5.51. The van der Waals surface area contributed by atoms with E-state index in [1.54, 1.807) is 0 Å². The molecule has 0 fully saturated rings. The molecule has 0 unspecified atom stereocenters. The fraction of sp³-hybridized carbons (Fsp3) is 0.462. The number of hydrogen-bond acceptors (Lipinski definition) is 3. The van der Waals surface area contributed by atoms with Gasteiger partial charge in [-0.3, -0.25) is 5.43 Å². The minimum Gasteiger partial charge on any atom is -0.309 e. The van der Waals surface area contributed by atoms with E-state index in [0.29, 0.717) is 0 Å². The number of unbranched alkanes of at least 4 members (excludes halogenated alkanes) is 1. The molecule has 0 aliphatic carbocycles. The molecule has 3 nitrogen and oxygen atoms in total. The Morgan fingerprint density at radius 2 is 1.94 bits per heavy atom. The summed E-state index contributed by atoms with van der Waals surface area (Å²) in [5, 5.41) is 4.17. The Labute approximate surface area is 98.2 Å². The average Bonchev–Trinajstić information content (AvgIpc) is 2.25. The number of anilines is 1. The summed E-state index contributed by atoms with van der Waals surface area (Å²) in [6.07, 6.45) is 4.09. The highest BCUT2D eigenvalue weighted by Crippen LogP contribution is 2.07. The molecular weight excluding hydrogens is 198 g/mol. The zero-order valence-corrected chi connectivity index (χ0v) is 10.4. The first kappa shape index (κ1) is 12.7. The van der Waals surface area contributed by atoms with Crippen LogP contribution in [0.15, 0.2) is 29.4 Å². The predicted molar refractivity (Wildman–Crippen MR) is 71.1 cm³/mol. The fourth-order valence-electron chi connectivity index (χ4n) is 1.31. The zero-order valence-electron chi connectivity index (χ0n) is 10.4. The van der Waals surface area contributed by atoms with Crippen LogP contribution in [0.1, 0.15) is 18.4 Å². The monoisotopic (exact) mass is 219 g/mol. The highest BCUT2D eigenvalue weighted by Gasteiger charge is 1.89. The second kappa shape index (κ2) is 7.01. The van der Waals surface area contributed by atoms with Crippen molar-refractivity contribution < 1.29 is 0 Å². The van der Waals surface area contributed by atoms with Gasteiger partial charge in [-0.25, -0.2) is 0 Å². The van der Waals surface area contributed by atoms with Crippen molar-refractivity contribution in [1.29, 1.82) is 0 Å². The van der Waals surface area contributed by atoms with Crippen molar-refractivity contribution in [2.24, 2.45) is 5.10 Å². The SMILES string of the molecule is Cc1ccc(N/N=C/CCCN(C)C)cc1. The molecule has 1 rings (SSSR count). The van der Waals surface area contributed by atoms with Gasteiger partial charge in [-0.05, 0) is 52.5 Å². The maximum absolute atomic E-state index is 4.17. The number of hydrazone groups is 1. The van der Waals surface area contributed by atoms with Crippen LogP contribution < -0.4 is 5.43 Å². The fourth-order valence-corrected chi connectivity index (χ4v) is 1.31. The van der Waals surface area contributed by atoms with E-state index in [9.17, 15) is 0 Å². The van der Waals surface area contributed by atoms with E-state index >= 15 is 0 Å². The van der Waals surface area contributed by atoms with Gasteiger partial charge < -0.3 is 4.90 Å². The molecule has 0 aromatic heterocycles. The molecule has 3 heteroatoms. The zero-order chi connectivity index (χ0) is 11.8. The number of nitrogens with zero attached hydrogens (tertiary/aromatic N) is 2. The van der Waals surface area contributed by atoms with Gasteiger partial charge in [0.05, 0.1) is 5.69 Å². The van der Waals surface area contributed by atoms with Crippen LogP contribution in [-0.4, -0.2) is 31.8 Å². The van der Waals surface area contributed by atoms with Crippen molar-refractivity contribution >= 4 is 11.9 Å². The Bertz CT molecular complexity index is 314. The second-order valence-electron chi connectivity index (χ2n) is 4.24. The Hall–Kier alpha value is -1.35. The van der Waals surface area contributed by atoms with Gasteiger partial charge in [0.25, 0.3) is 0 Å². The van der Waals surface area contributed by atoms with Crippen LogP contribution in [0.2, 0.25) is 0 Å². The molecule has 88 valence electrons. The van der Waals surface area contributed by atoms with Gasteiger partial charge in [0.1, 0.15) is 0 Å². The van der Waals surface area contributed by atoms with Crippen LogP contribution in [-0.2, 0) is 0 Å². The standard InChI is InChI=1S/C13H21N3/c1-12-6-8-13(9-7-12)15-14-10-4-5-11-16(2)3/h6-10,15H,4-5,11H2,1-3H3/b14-10+. The normalized spacial score (nSPS) is 11.2. The number of rotatable bonds is 6. The highest BCUT2D eigenvalue weighted by molar-refractivity contribution is 5.59. The minimum absolute atomic E-state index is 1.01. The summed E-state index contributed by atoms with van der Waals surface area (Å²) in [5.74, 6) is 0. The molecule has 0 radical (unpaired) electrons. The Balaban J connectivity index is 2.19. The van der Waals surface area contributed by atoms with Gasteiger partial charge in [0.2, 0.25) is 0 Å². The van der Waals surface area contributed by atoms with Crippen molar-refractivity contribution in [3.8, 4) is 0 Å². The van der Waals surface area contributed by atoms with Gasteiger partial charge in [-0.15, -0.1) is 0 Å². The summed E-state index contributed by atoms with van der Waals surface area (Å²) in [6.45, 7) is 3.19. The maximum Gasteiger partial charge on any atom is 0.0561 e.